The maximum absolute atomic E-state index is 11.8. The first-order chi connectivity index (χ1) is 10.5. The summed E-state index contributed by atoms with van der Waals surface area (Å²) < 4.78 is 10.6. The highest BCUT2D eigenvalue weighted by Crippen LogP contribution is 2.33. The largest absolute Gasteiger partial charge is 0.493 e. The fourth-order valence-corrected chi connectivity index (χ4v) is 3.54. The summed E-state index contributed by atoms with van der Waals surface area (Å²) in [5.74, 6) is 1.29. The molecule has 2 saturated heterocycles. The molecule has 0 spiro atoms. The molecule has 1 N–H and O–H groups in total. The van der Waals surface area contributed by atoms with Crippen LogP contribution in [0.4, 0.5) is 0 Å². The molecule has 0 aliphatic carbocycles. The average molecular weight is 306 g/mol. The Morgan fingerprint density at radius 1 is 1.23 bits per heavy atom. The van der Waals surface area contributed by atoms with Crippen LogP contribution < -0.4 is 9.47 Å². The molecular weight excluding hydrogens is 284 g/mol. The molecule has 6 heteroatoms. The molecule has 120 valence electrons. The van der Waals surface area contributed by atoms with Crippen LogP contribution in [0.2, 0.25) is 0 Å². The van der Waals surface area contributed by atoms with Crippen LogP contribution in [0.1, 0.15) is 5.56 Å². The minimum absolute atomic E-state index is 0.0117. The fraction of sp³-hybridized carbons (Fsp3) is 0.562. The minimum atomic E-state index is -0.856. The molecule has 2 aliphatic heterocycles. The smallest absolute Gasteiger partial charge is 0.251 e. The van der Waals surface area contributed by atoms with E-state index in [0.29, 0.717) is 11.5 Å². The van der Waals surface area contributed by atoms with E-state index in [1.807, 2.05) is 18.2 Å². The number of aliphatic hydroxyl groups excluding tert-OH is 1. The number of aliphatic hydroxyl groups is 1. The molecule has 0 saturated carbocycles. The van der Waals surface area contributed by atoms with Crippen molar-refractivity contribution in [2.24, 2.45) is 5.92 Å². The Bertz CT molecular complexity index is 557. The van der Waals surface area contributed by atoms with Gasteiger partial charge in [-0.25, -0.2) is 0 Å². The van der Waals surface area contributed by atoms with Crippen molar-refractivity contribution in [3.05, 3.63) is 23.8 Å². The van der Waals surface area contributed by atoms with Crippen LogP contribution in [0.3, 0.4) is 0 Å². The predicted octanol–water partition coefficient (Wildman–Crippen LogP) is 0.337. The topological polar surface area (TPSA) is 62.2 Å². The number of hydrogen-bond donors (Lipinski definition) is 1. The number of carbonyl (C=O) groups is 1. The Morgan fingerprint density at radius 3 is 2.59 bits per heavy atom. The number of methoxy groups -OCH3 is 2. The summed E-state index contributed by atoms with van der Waals surface area (Å²) in [5, 5.41) is 10.0. The van der Waals surface area contributed by atoms with E-state index in [1.165, 1.54) is 0 Å². The maximum Gasteiger partial charge on any atom is 0.251 e. The first kappa shape index (κ1) is 15.1. The monoisotopic (exact) mass is 306 g/mol. The van der Waals surface area contributed by atoms with Crippen LogP contribution in [0.25, 0.3) is 0 Å². The van der Waals surface area contributed by atoms with Gasteiger partial charge < -0.3 is 19.5 Å². The number of benzene rings is 1. The second-order valence-corrected chi connectivity index (χ2v) is 6.01. The molecule has 0 bridgehead atoms. The lowest BCUT2D eigenvalue weighted by molar-refractivity contribution is -0.135. The number of rotatable bonds is 4. The van der Waals surface area contributed by atoms with Gasteiger partial charge in [-0.3, -0.25) is 9.69 Å². The zero-order chi connectivity index (χ0) is 15.9. The number of carbonyl (C=O) groups excluding carboxylic acids is 1. The third kappa shape index (κ3) is 2.42. The van der Waals surface area contributed by atoms with Crippen molar-refractivity contribution in [2.75, 3.05) is 34.4 Å². The van der Waals surface area contributed by atoms with Crippen LogP contribution in [0.15, 0.2) is 18.2 Å². The lowest BCUT2D eigenvalue weighted by Crippen LogP contribution is -2.36. The first-order valence-corrected chi connectivity index (χ1v) is 7.43. The lowest BCUT2D eigenvalue weighted by atomic mass is 10.0. The number of fused-ring (bicyclic) bond motifs is 1. The van der Waals surface area contributed by atoms with Gasteiger partial charge in [0.1, 0.15) is 6.10 Å². The van der Waals surface area contributed by atoms with E-state index >= 15 is 0 Å². The molecule has 2 fully saturated rings. The standard InChI is InChI=1S/C16H22N2O4/c1-17-12-9-18(8-11(12)15(19)16(17)20)7-10-4-5-13(21-2)14(6-10)22-3/h4-6,11-12,15,19H,7-9H2,1-3H3/t11-,12+,15-/m0/s1. The number of ether oxygens (including phenoxy) is 2. The summed E-state index contributed by atoms with van der Waals surface area (Å²) in [6, 6.07) is 6.00. The summed E-state index contributed by atoms with van der Waals surface area (Å²) in [6.45, 7) is 2.29. The Labute approximate surface area is 130 Å². The normalized spacial score (nSPS) is 28.1. The summed E-state index contributed by atoms with van der Waals surface area (Å²) in [7, 11) is 5.02. The highest BCUT2D eigenvalue weighted by atomic mass is 16.5. The minimum Gasteiger partial charge on any atom is -0.493 e. The van der Waals surface area contributed by atoms with E-state index in [2.05, 4.69) is 4.90 Å². The fourth-order valence-electron chi connectivity index (χ4n) is 3.54. The van der Waals surface area contributed by atoms with Gasteiger partial charge in [-0.2, -0.15) is 0 Å². The molecule has 0 unspecified atom stereocenters. The average Bonchev–Trinajstić information content (AvgIpc) is 3.03. The van der Waals surface area contributed by atoms with Gasteiger partial charge in [-0.15, -0.1) is 0 Å². The van der Waals surface area contributed by atoms with Gasteiger partial charge in [-0.05, 0) is 17.7 Å². The summed E-state index contributed by atoms with van der Waals surface area (Å²) in [5.41, 5.74) is 1.13. The Kier molecular flexibility index (Phi) is 3.97. The quantitative estimate of drug-likeness (QED) is 0.869. The number of amides is 1. The third-order valence-electron chi connectivity index (χ3n) is 4.77. The molecular formula is C16H22N2O4. The maximum atomic E-state index is 11.8. The summed E-state index contributed by atoms with van der Waals surface area (Å²) in [4.78, 5) is 15.7. The van der Waals surface area contributed by atoms with E-state index < -0.39 is 6.10 Å². The van der Waals surface area contributed by atoms with Gasteiger partial charge in [-0.1, -0.05) is 6.07 Å². The zero-order valence-corrected chi connectivity index (χ0v) is 13.2. The van der Waals surface area contributed by atoms with Crippen molar-refractivity contribution >= 4 is 5.91 Å². The number of likely N-dealkylation sites (N-methyl/N-ethyl adjacent to an activating group) is 1. The van der Waals surface area contributed by atoms with Gasteiger partial charge >= 0.3 is 0 Å². The van der Waals surface area contributed by atoms with Crippen molar-refractivity contribution < 1.29 is 19.4 Å². The van der Waals surface area contributed by atoms with Gasteiger partial charge in [0.15, 0.2) is 11.5 Å². The molecule has 6 nitrogen and oxygen atoms in total. The zero-order valence-electron chi connectivity index (χ0n) is 13.2. The van der Waals surface area contributed by atoms with Crippen LogP contribution in [-0.4, -0.2) is 67.3 Å². The Hall–Kier alpha value is -1.79. The van der Waals surface area contributed by atoms with Gasteiger partial charge in [0, 0.05) is 32.6 Å². The van der Waals surface area contributed by atoms with E-state index in [9.17, 15) is 9.90 Å². The van der Waals surface area contributed by atoms with E-state index in [0.717, 1.165) is 25.2 Å². The second-order valence-electron chi connectivity index (χ2n) is 6.01. The summed E-state index contributed by atoms with van der Waals surface area (Å²) in [6.07, 6.45) is -0.856. The van der Waals surface area contributed by atoms with Crippen LogP contribution in [-0.2, 0) is 11.3 Å². The number of likely N-dealkylation sites (tertiary alicyclic amines) is 2. The van der Waals surface area contributed by atoms with Crippen molar-refractivity contribution in [1.82, 2.24) is 9.80 Å². The molecule has 3 rings (SSSR count). The Morgan fingerprint density at radius 2 is 1.95 bits per heavy atom. The SMILES string of the molecule is COc1ccc(CN2C[C@@H]3[C@H](O)C(=O)N(C)[C@@H]3C2)cc1OC. The van der Waals surface area contributed by atoms with E-state index in [1.54, 1.807) is 26.2 Å². The highest BCUT2D eigenvalue weighted by molar-refractivity contribution is 5.84. The van der Waals surface area contributed by atoms with Crippen molar-refractivity contribution in [2.45, 2.75) is 18.7 Å². The predicted molar refractivity (Wildman–Crippen MR) is 80.9 cm³/mol. The molecule has 3 atom stereocenters. The Balaban J connectivity index is 1.70. The van der Waals surface area contributed by atoms with Crippen LogP contribution >= 0.6 is 0 Å². The lowest BCUT2D eigenvalue weighted by Gasteiger charge is -2.21. The van der Waals surface area contributed by atoms with E-state index in [4.69, 9.17) is 9.47 Å². The third-order valence-corrected chi connectivity index (χ3v) is 4.77. The summed E-state index contributed by atoms with van der Waals surface area (Å²) >= 11 is 0. The first-order valence-electron chi connectivity index (χ1n) is 7.43. The van der Waals surface area contributed by atoms with Crippen LogP contribution in [0, 0.1) is 5.92 Å². The molecule has 1 aromatic carbocycles. The molecule has 2 heterocycles. The van der Waals surface area contributed by atoms with Gasteiger partial charge in [0.25, 0.3) is 5.91 Å². The second kappa shape index (κ2) is 5.78. The van der Waals surface area contributed by atoms with Gasteiger partial charge in [0.05, 0.1) is 20.3 Å². The molecule has 0 aromatic heterocycles. The number of nitrogens with zero attached hydrogens (tertiary/aromatic N) is 2. The van der Waals surface area contributed by atoms with Crippen molar-refractivity contribution in [3.63, 3.8) is 0 Å². The van der Waals surface area contributed by atoms with Crippen LogP contribution in [0.5, 0.6) is 11.5 Å². The van der Waals surface area contributed by atoms with Gasteiger partial charge in [0.2, 0.25) is 0 Å². The molecule has 1 amide bonds. The molecule has 2 aliphatic rings. The highest BCUT2D eigenvalue weighted by Gasteiger charge is 2.50. The molecule has 0 radical (unpaired) electrons. The molecule has 22 heavy (non-hydrogen) atoms. The van der Waals surface area contributed by atoms with Crippen molar-refractivity contribution in [3.8, 4) is 11.5 Å². The van der Waals surface area contributed by atoms with Crippen molar-refractivity contribution in [1.29, 1.82) is 0 Å². The van der Waals surface area contributed by atoms with E-state index in [-0.39, 0.29) is 17.9 Å². The number of hydrogen-bond acceptors (Lipinski definition) is 5. The molecule has 1 aromatic rings.